The molecule has 6 heteroatoms. The predicted molar refractivity (Wildman–Crippen MR) is 62.8 cm³/mol. The third-order valence-corrected chi connectivity index (χ3v) is 2.98. The van der Waals surface area contributed by atoms with Crippen LogP contribution in [0.5, 0.6) is 0 Å². The van der Waals surface area contributed by atoms with Crippen molar-refractivity contribution in [1.82, 2.24) is 4.90 Å². The Morgan fingerprint density at radius 1 is 1.56 bits per heavy atom. The van der Waals surface area contributed by atoms with E-state index in [1.165, 1.54) is 4.90 Å². The summed E-state index contributed by atoms with van der Waals surface area (Å²) < 4.78 is 37.1. The average molecular weight is 264 g/mol. The predicted octanol–water partition coefficient (Wildman–Crippen LogP) is 2.22. The first-order valence-corrected chi connectivity index (χ1v) is 6.10. The summed E-state index contributed by atoms with van der Waals surface area (Å²) in [6.45, 7) is 2.08. The standard InChI is InChI=1S/C12H19F3N2O/c1-9(16)3-2-4-11(18)17-7-5-10(6-8-17)12(13,14)15/h5,9H,2-4,6-8,16H2,1H3. The van der Waals surface area contributed by atoms with Crippen LogP contribution < -0.4 is 5.73 Å². The maximum absolute atomic E-state index is 12.4. The summed E-state index contributed by atoms with van der Waals surface area (Å²) in [5.41, 5.74) is 5.04. The van der Waals surface area contributed by atoms with Crippen LogP contribution in [0.2, 0.25) is 0 Å². The van der Waals surface area contributed by atoms with Crippen molar-refractivity contribution in [1.29, 1.82) is 0 Å². The van der Waals surface area contributed by atoms with E-state index in [1.54, 1.807) is 0 Å². The topological polar surface area (TPSA) is 46.3 Å². The van der Waals surface area contributed by atoms with Gasteiger partial charge in [0.1, 0.15) is 0 Å². The number of carbonyl (C=O) groups is 1. The van der Waals surface area contributed by atoms with Crippen LogP contribution in [0.1, 0.15) is 32.6 Å². The molecule has 0 aliphatic carbocycles. The molecule has 1 atom stereocenters. The first kappa shape index (κ1) is 15.0. The van der Waals surface area contributed by atoms with Gasteiger partial charge in [-0.3, -0.25) is 4.79 Å². The molecule has 2 N–H and O–H groups in total. The molecule has 0 aromatic carbocycles. The fourth-order valence-corrected chi connectivity index (χ4v) is 1.89. The van der Waals surface area contributed by atoms with E-state index in [-0.39, 0.29) is 31.5 Å². The quantitative estimate of drug-likeness (QED) is 0.791. The Labute approximate surface area is 105 Å². The molecule has 0 spiro atoms. The van der Waals surface area contributed by atoms with Gasteiger partial charge in [-0.15, -0.1) is 0 Å². The van der Waals surface area contributed by atoms with Gasteiger partial charge in [-0.2, -0.15) is 13.2 Å². The van der Waals surface area contributed by atoms with Crippen LogP contribution in [-0.2, 0) is 4.79 Å². The third-order valence-electron chi connectivity index (χ3n) is 2.98. The SMILES string of the molecule is CC(N)CCCC(=O)N1CC=C(C(F)(F)F)CC1. The summed E-state index contributed by atoms with van der Waals surface area (Å²) in [5, 5.41) is 0. The van der Waals surface area contributed by atoms with Gasteiger partial charge in [-0.25, -0.2) is 0 Å². The number of hydrogen-bond donors (Lipinski definition) is 1. The second-order valence-electron chi connectivity index (χ2n) is 4.69. The number of nitrogens with zero attached hydrogens (tertiary/aromatic N) is 1. The van der Waals surface area contributed by atoms with Crippen LogP contribution >= 0.6 is 0 Å². The maximum atomic E-state index is 12.4. The molecule has 1 aliphatic heterocycles. The highest BCUT2D eigenvalue weighted by Gasteiger charge is 2.35. The molecular formula is C12H19F3N2O. The Morgan fingerprint density at radius 3 is 2.67 bits per heavy atom. The highest BCUT2D eigenvalue weighted by atomic mass is 19.4. The zero-order valence-electron chi connectivity index (χ0n) is 10.5. The lowest BCUT2D eigenvalue weighted by atomic mass is 10.1. The molecule has 0 bridgehead atoms. The Balaban J connectivity index is 2.38. The monoisotopic (exact) mass is 264 g/mol. The fraction of sp³-hybridized carbons (Fsp3) is 0.750. The van der Waals surface area contributed by atoms with E-state index >= 15 is 0 Å². The van der Waals surface area contributed by atoms with E-state index in [1.807, 2.05) is 6.92 Å². The number of nitrogens with two attached hydrogens (primary N) is 1. The summed E-state index contributed by atoms with van der Waals surface area (Å²) in [6.07, 6.45) is -1.47. The Bertz CT molecular complexity index is 324. The van der Waals surface area contributed by atoms with Gasteiger partial charge in [-0.05, 0) is 26.2 Å². The average Bonchev–Trinajstić information content (AvgIpc) is 2.27. The van der Waals surface area contributed by atoms with Crippen LogP contribution in [0.3, 0.4) is 0 Å². The lowest BCUT2D eigenvalue weighted by Gasteiger charge is -2.27. The molecule has 0 saturated heterocycles. The summed E-state index contributed by atoms with van der Waals surface area (Å²) in [4.78, 5) is 13.2. The van der Waals surface area contributed by atoms with E-state index in [9.17, 15) is 18.0 Å². The minimum atomic E-state index is -4.26. The van der Waals surface area contributed by atoms with E-state index in [2.05, 4.69) is 0 Å². The van der Waals surface area contributed by atoms with Crippen LogP contribution in [0.15, 0.2) is 11.6 Å². The smallest absolute Gasteiger partial charge is 0.339 e. The molecule has 104 valence electrons. The summed E-state index contributed by atoms with van der Waals surface area (Å²) in [5.74, 6) is -0.0897. The number of hydrogen-bond acceptors (Lipinski definition) is 2. The van der Waals surface area contributed by atoms with Crippen LogP contribution in [0.25, 0.3) is 0 Å². The van der Waals surface area contributed by atoms with E-state index < -0.39 is 11.7 Å². The Morgan fingerprint density at radius 2 is 2.22 bits per heavy atom. The highest BCUT2D eigenvalue weighted by Crippen LogP contribution is 2.30. The van der Waals surface area contributed by atoms with Crippen molar-refractivity contribution in [3.63, 3.8) is 0 Å². The largest absolute Gasteiger partial charge is 0.412 e. The van der Waals surface area contributed by atoms with Crippen molar-refractivity contribution in [2.75, 3.05) is 13.1 Å². The molecule has 18 heavy (non-hydrogen) atoms. The van der Waals surface area contributed by atoms with Crippen molar-refractivity contribution in [3.05, 3.63) is 11.6 Å². The molecule has 1 heterocycles. The number of rotatable bonds is 4. The van der Waals surface area contributed by atoms with E-state index in [0.717, 1.165) is 12.5 Å². The highest BCUT2D eigenvalue weighted by molar-refractivity contribution is 5.76. The molecule has 0 aromatic heterocycles. The zero-order valence-corrected chi connectivity index (χ0v) is 10.5. The fourth-order valence-electron chi connectivity index (χ4n) is 1.89. The number of halogens is 3. The van der Waals surface area contributed by atoms with Crippen molar-refractivity contribution >= 4 is 5.91 Å². The number of amides is 1. The Hall–Kier alpha value is -1.04. The molecule has 1 rings (SSSR count). The van der Waals surface area contributed by atoms with Crippen LogP contribution in [-0.4, -0.2) is 36.1 Å². The van der Waals surface area contributed by atoms with Gasteiger partial charge in [0.05, 0.1) is 0 Å². The van der Waals surface area contributed by atoms with E-state index in [0.29, 0.717) is 12.8 Å². The normalized spacial score (nSPS) is 18.5. The van der Waals surface area contributed by atoms with Gasteiger partial charge < -0.3 is 10.6 Å². The molecule has 0 aromatic rings. The number of alkyl halides is 3. The summed E-state index contributed by atoms with van der Waals surface area (Å²) >= 11 is 0. The van der Waals surface area contributed by atoms with Gasteiger partial charge >= 0.3 is 6.18 Å². The molecule has 0 saturated carbocycles. The number of carbonyl (C=O) groups excluding carboxylic acids is 1. The van der Waals surface area contributed by atoms with Crippen molar-refractivity contribution in [3.8, 4) is 0 Å². The van der Waals surface area contributed by atoms with Crippen LogP contribution in [0, 0.1) is 0 Å². The minimum Gasteiger partial charge on any atom is -0.339 e. The molecule has 1 unspecified atom stereocenters. The molecule has 1 aliphatic rings. The molecule has 0 fully saturated rings. The van der Waals surface area contributed by atoms with Crippen LogP contribution in [0.4, 0.5) is 13.2 Å². The molecule has 1 amide bonds. The van der Waals surface area contributed by atoms with Crippen molar-refractivity contribution in [2.24, 2.45) is 5.73 Å². The second kappa shape index (κ2) is 6.22. The lowest BCUT2D eigenvalue weighted by Crippen LogP contribution is -2.36. The summed E-state index contributed by atoms with van der Waals surface area (Å²) in [7, 11) is 0. The lowest BCUT2D eigenvalue weighted by molar-refractivity contribution is -0.132. The van der Waals surface area contributed by atoms with E-state index in [4.69, 9.17) is 5.73 Å². The molecule has 0 radical (unpaired) electrons. The first-order chi connectivity index (χ1) is 8.30. The van der Waals surface area contributed by atoms with Gasteiger partial charge in [0.25, 0.3) is 0 Å². The van der Waals surface area contributed by atoms with Crippen molar-refractivity contribution in [2.45, 2.75) is 44.8 Å². The third kappa shape index (κ3) is 4.68. The van der Waals surface area contributed by atoms with Gasteiger partial charge in [0.2, 0.25) is 5.91 Å². The van der Waals surface area contributed by atoms with Gasteiger partial charge in [0, 0.05) is 31.1 Å². The maximum Gasteiger partial charge on any atom is 0.412 e. The first-order valence-electron chi connectivity index (χ1n) is 6.10. The van der Waals surface area contributed by atoms with Gasteiger partial charge in [-0.1, -0.05) is 6.08 Å². The van der Waals surface area contributed by atoms with Crippen molar-refractivity contribution < 1.29 is 18.0 Å². The summed E-state index contributed by atoms with van der Waals surface area (Å²) in [6, 6.07) is 0.0517. The molecule has 3 nitrogen and oxygen atoms in total. The van der Waals surface area contributed by atoms with Gasteiger partial charge in [0.15, 0.2) is 0 Å². The zero-order chi connectivity index (χ0) is 13.8. The Kier molecular flexibility index (Phi) is 5.19. The minimum absolute atomic E-state index is 0.0517. The molecular weight excluding hydrogens is 245 g/mol. The second-order valence-corrected chi connectivity index (χ2v) is 4.69.